The number of aromatic nitrogens is 1. The zero-order chi connectivity index (χ0) is 10.6. The molecule has 1 atom stereocenters. The molecule has 1 unspecified atom stereocenters. The molecule has 0 spiro atoms. The zero-order valence-electron chi connectivity index (χ0n) is 8.86. The second kappa shape index (κ2) is 5.73. The smallest absolute Gasteiger partial charge is 0.103 e. The number of thioether (sulfide) groups is 1. The van der Waals surface area contributed by atoms with Crippen molar-refractivity contribution in [3.63, 3.8) is 0 Å². The molecule has 0 aliphatic carbocycles. The van der Waals surface area contributed by atoms with Crippen molar-refractivity contribution in [2.45, 2.75) is 32.6 Å². The minimum absolute atomic E-state index is 0.378. The first-order valence-corrected chi connectivity index (χ1v) is 6.77. The third-order valence-electron chi connectivity index (χ3n) is 1.66. The van der Waals surface area contributed by atoms with Gasteiger partial charge in [0.15, 0.2) is 0 Å². The van der Waals surface area contributed by atoms with Crippen molar-refractivity contribution in [3.8, 4) is 0 Å². The van der Waals surface area contributed by atoms with Crippen LogP contribution in [0, 0.1) is 5.92 Å². The molecule has 1 N–H and O–H groups in total. The van der Waals surface area contributed by atoms with Crippen molar-refractivity contribution in [1.82, 2.24) is 4.98 Å². The van der Waals surface area contributed by atoms with Crippen LogP contribution in [0.3, 0.4) is 0 Å². The molecule has 14 heavy (non-hydrogen) atoms. The minimum atomic E-state index is -0.378. The number of hydrogen-bond acceptors (Lipinski definition) is 4. The average molecular weight is 231 g/mol. The van der Waals surface area contributed by atoms with Gasteiger partial charge in [-0.2, -0.15) is 11.8 Å². The highest BCUT2D eigenvalue weighted by molar-refractivity contribution is 7.98. The van der Waals surface area contributed by atoms with Gasteiger partial charge in [0, 0.05) is 11.9 Å². The van der Waals surface area contributed by atoms with E-state index in [1.54, 1.807) is 24.5 Å². The molecule has 1 aromatic heterocycles. The number of aliphatic hydroxyl groups is 1. The molecule has 1 aromatic rings. The molecule has 0 aliphatic heterocycles. The lowest BCUT2D eigenvalue weighted by atomic mass is 10.3. The fourth-order valence-electron chi connectivity index (χ4n) is 0.966. The Balaban J connectivity index is 2.36. The van der Waals surface area contributed by atoms with Crippen LogP contribution < -0.4 is 0 Å². The molecule has 0 saturated heterocycles. The lowest BCUT2D eigenvalue weighted by molar-refractivity contribution is 0.203. The quantitative estimate of drug-likeness (QED) is 0.845. The highest BCUT2D eigenvalue weighted by Crippen LogP contribution is 2.24. The summed E-state index contributed by atoms with van der Waals surface area (Å²) in [7, 11) is 0. The molecular weight excluding hydrogens is 214 g/mol. The molecule has 4 heteroatoms. The minimum Gasteiger partial charge on any atom is -0.388 e. The maximum absolute atomic E-state index is 9.31. The number of nitrogens with zero attached hydrogens (tertiary/aromatic N) is 1. The van der Waals surface area contributed by atoms with Crippen molar-refractivity contribution in [1.29, 1.82) is 0 Å². The Labute approximate surface area is 93.8 Å². The second-order valence-corrected chi connectivity index (χ2v) is 5.92. The van der Waals surface area contributed by atoms with Gasteiger partial charge in [-0.25, -0.2) is 4.98 Å². The van der Waals surface area contributed by atoms with Crippen molar-refractivity contribution in [2.24, 2.45) is 5.92 Å². The second-order valence-electron chi connectivity index (χ2n) is 3.74. The van der Waals surface area contributed by atoms with E-state index in [-0.39, 0.29) is 6.10 Å². The zero-order valence-corrected chi connectivity index (χ0v) is 10.5. The summed E-state index contributed by atoms with van der Waals surface area (Å²) < 4.78 is 0. The van der Waals surface area contributed by atoms with Crippen LogP contribution in [-0.2, 0) is 5.75 Å². The summed E-state index contributed by atoms with van der Waals surface area (Å²) in [4.78, 5) is 5.24. The van der Waals surface area contributed by atoms with E-state index in [9.17, 15) is 5.11 Å². The molecule has 0 bridgehead atoms. The van der Waals surface area contributed by atoms with E-state index in [1.807, 2.05) is 11.8 Å². The van der Waals surface area contributed by atoms with Crippen LogP contribution in [0.4, 0.5) is 0 Å². The Bertz CT molecular complexity index is 271. The van der Waals surface area contributed by atoms with Crippen LogP contribution in [0.1, 0.15) is 36.8 Å². The summed E-state index contributed by atoms with van der Waals surface area (Å²) in [5.74, 6) is 2.87. The van der Waals surface area contributed by atoms with Gasteiger partial charge in [-0.1, -0.05) is 13.8 Å². The first kappa shape index (κ1) is 12.0. The van der Waals surface area contributed by atoms with Crippen LogP contribution in [0.5, 0.6) is 0 Å². The Morgan fingerprint density at radius 1 is 1.50 bits per heavy atom. The lowest BCUT2D eigenvalue weighted by Gasteiger charge is -2.01. The Morgan fingerprint density at radius 2 is 2.21 bits per heavy atom. The molecule has 2 nitrogen and oxygen atoms in total. The molecule has 0 aromatic carbocycles. The first-order chi connectivity index (χ1) is 6.59. The van der Waals surface area contributed by atoms with Gasteiger partial charge >= 0.3 is 0 Å². The third kappa shape index (κ3) is 3.98. The van der Waals surface area contributed by atoms with Gasteiger partial charge in [0.1, 0.15) is 5.01 Å². The van der Waals surface area contributed by atoms with Crippen LogP contribution in [0.25, 0.3) is 0 Å². The van der Waals surface area contributed by atoms with Crippen LogP contribution in [0.2, 0.25) is 0 Å². The van der Waals surface area contributed by atoms with E-state index in [2.05, 4.69) is 18.8 Å². The van der Waals surface area contributed by atoms with Crippen molar-refractivity contribution in [3.05, 3.63) is 16.1 Å². The molecule has 80 valence electrons. The monoisotopic (exact) mass is 231 g/mol. The van der Waals surface area contributed by atoms with Crippen LogP contribution in [0.15, 0.2) is 6.20 Å². The average Bonchev–Trinajstić information content (AvgIpc) is 2.52. The Hall–Kier alpha value is -0.0600. The largest absolute Gasteiger partial charge is 0.388 e. The van der Waals surface area contributed by atoms with Crippen molar-refractivity contribution < 1.29 is 5.11 Å². The van der Waals surface area contributed by atoms with Crippen LogP contribution in [-0.4, -0.2) is 15.8 Å². The molecule has 0 fully saturated rings. The number of rotatable bonds is 5. The number of thiazole rings is 1. The summed E-state index contributed by atoms with van der Waals surface area (Å²) in [6, 6.07) is 0. The van der Waals surface area contributed by atoms with Gasteiger partial charge in [-0.05, 0) is 18.6 Å². The Kier molecular flexibility index (Phi) is 4.92. The topological polar surface area (TPSA) is 33.1 Å². The van der Waals surface area contributed by atoms with E-state index in [4.69, 9.17) is 0 Å². The van der Waals surface area contributed by atoms with Gasteiger partial charge < -0.3 is 5.11 Å². The van der Waals surface area contributed by atoms with Gasteiger partial charge in [-0.15, -0.1) is 11.3 Å². The number of aliphatic hydroxyl groups excluding tert-OH is 1. The van der Waals surface area contributed by atoms with E-state index in [0.29, 0.717) is 0 Å². The maximum Gasteiger partial charge on any atom is 0.103 e. The summed E-state index contributed by atoms with van der Waals surface area (Å²) in [5.41, 5.74) is 0. The van der Waals surface area contributed by atoms with E-state index >= 15 is 0 Å². The SMILES string of the molecule is CC(C)CSCc1ncc(C(C)O)s1. The van der Waals surface area contributed by atoms with Crippen molar-refractivity contribution in [2.75, 3.05) is 5.75 Å². The van der Waals surface area contributed by atoms with Gasteiger partial charge in [0.05, 0.1) is 11.0 Å². The fourth-order valence-corrected chi connectivity index (χ4v) is 2.94. The lowest BCUT2D eigenvalue weighted by Crippen LogP contribution is -1.90. The summed E-state index contributed by atoms with van der Waals surface area (Å²) in [5, 5.41) is 10.4. The first-order valence-electron chi connectivity index (χ1n) is 4.80. The molecular formula is C10H17NOS2. The predicted molar refractivity (Wildman–Crippen MR) is 63.7 cm³/mol. The van der Waals surface area contributed by atoms with Gasteiger partial charge in [0.25, 0.3) is 0 Å². The molecule has 0 amide bonds. The molecule has 0 aliphatic rings. The fraction of sp³-hybridized carbons (Fsp3) is 0.700. The highest BCUT2D eigenvalue weighted by Gasteiger charge is 2.06. The maximum atomic E-state index is 9.31. The summed E-state index contributed by atoms with van der Waals surface area (Å²) in [6.07, 6.45) is 1.40. The van der Waals surface area contributed by atoms with E-state index in [1.165, 1.54) is 5.75 Å². The predicted octanol–water partition coefficient (Wildman–Crippen LogP) is 3.09. The normalized spacial score (nSPS) is 13.5. The molecule has 1 rings (SSSR count). The van der Waals surface area contributed by atoms with E-state index in [0.717, 1.165) is 21.6 Å². The summed E-state index contributed by atoms with van der Waals surface area (Å²) >= 11 is 3.52. The van der Waals surface area contributed by atoms with E-state index < -0.39 is 0 Å². The number of hydrogen-bond donors (Lipinski definition) is 1. The molecule has 0 saturated carbocycles. The molecule has 1 heterocycles. The Morgan fingerprint density at radius 3 is 2.71 bits per heavy atom. The van der Waals surface area contributed by atoms with Gasteiger partial charge in [-0.3, -0.25) is 0 Å². The highest BCUT2D eigenvalue weighted by atomic mass is 32.2. The van der Waals surface area contributed by atoms with Crippen LogP contribution >= 0.6 is 23.1 Å². The summed E-state index contributed by atoms with van der Waals surface area (Å²) in [6.45, 7) is 6.21. The standard InChI is InChI=1S/C10H17NOS2/c1-7(2)5-13-6-10-11-4-9(14-10)8(3)12/h4,7-8,12H,5-6H2,1-3H3. The molecule has 0 radical (unpaired) electrons. The third-order valence-corrected chi connectivity index (χ3v) is 4.39. The van der Waals surface area contributed by atoms with Crippen molar-refractivity contribution >= 4 is 23.1 Å². The van der Waals surface area contributed by atoms with Gasteiger partial charge in [0.2, 0.25) is 0 Å².